The van der Waals surface area contributed by atoms with Crippen LogP contribution in [-0.4, -0.2) is 45.6 Å². The van der Waals surface area contributed by atoms with Crippen LogP contribution in [0.3, 0.4) is 0 Å². The van der Waals surface area contributed by atoms with Crippen molar-refractivity contribution in [3.63, 3.8) is 0 Å². The van der Waals surface area contributed by atoms with Crippen LogP contribution in [-0.2, 0) is 17.8 Å². The first-order chi connectivity index (χ1) is 15.9. The summed E-state index contributed by atoms with van der Waals surface area (Å²) in [5.41, 5.74) is 3.14. The van der Waals surface area contributed by atoms with Crippen LogP contribution in [0.25, 0.3) is 11.1 Å². The Bertz CT molecular complexity index is 1120. The van der Waals surface area contributed by atoms with E-state index in [0.29, 0.717) is 38.2 Å². The molecule has 1 fully saturated rings. The highest BCUT2D eigenvalue weighted by Gasteiger charge is 2.46. The third-order valence-electron chi connectivity index (χ3n) is 6.30. The van der Waals surface area contributed by atoms with Gasteiger partial charge in [-0.2, -0.15) is 5.10 Å². The molecule has 2 amide bonds. The van der Waals surface area contributed by atoms with Gasteiger partial charge in [-0.15, -0.1) is 0 Å². The van der Waals surface area contributed by atoms with Crippen molar-refractivity contribution in [3.05, 3.63) is 78.1 Å². The van der Waals surface area contributed by atoms with Gasteiger partial charge in [0.25, 0.3) is 5.91 Å². The average Bonchev–Trinajstić information content (AvgIpc) is 3.47. The predicted molar refractivity (Wildman–Crippen MR) is 130 cm³/mol. The summed E-state index contributed by atoms with van der Waals surface area (Å²) in [6.07, 6.45) is 3.03. The molecule has 1 aliphatic heterocycles. The molecule has 1 atom stereocenters. The van der Waals surface area contributed by atoms with Gasteiger partial charge in [0.2, 0.25) is 5.91 Å². The molecule has 33 heavy (non-hydrogen) atoms. The quantitative estimate of drug-likeness (QED) is 0.595. The lowest BCUT2D eigenvalue weighted by Crippen LogP contribution is -2.47. The van der Waals surface area contributed by atoms with Gasteiger partial charge < -0.3 is 10.2 Å². The molecule has 172 valence electrons. The second kappa shape index (κ2) is 9.61. The molecular weight excluding hydrogens is 412 g/mol. The van der Waals surface area contributed by atoms with Crippen LogP contribution in [0.2, 0.25) is 0 Å². The summed E-state index contributed by atoms with van der Waals surface area (Å²) >= 11 is 0. The van der Waals surface area contributed by atoms with Crippen LogP contribution in [0, 0.1) is 5.41 Å². The first kappa shape index (κ1) is 22.8. The number of amides is 2. The number of likely N-dealkylation sites (tertiary alicyclic amines) is 1. The van der Waals surface area contributed by atoms with E-state index < -0.39 is 5.41 Å². The lowest BCUT2D eigenvalue weighted by Gasteiger charge is -2.29. The maximum absolute atomic E-state index is 13.4. The Morgan fingerprint density at radius 3 is 2.52 bits per heavy atom. The summed E-state index contributed by atoms with van der Waals surface area (Å²) in [6.45, 7) is 7.57. The van der Waals surface area contributed by atoms with E-state index in [1.54, 1.807) is 15.6 Å². The van der Waals surface area contributed by atoms with E-state index in [1.165, 1.54) is 0 Å². The van der Waals surface area contributed by atoms with E-state index in [0.717, 1.165) is 16.7 Å². The van der Waals surface area contributed by atoms with Gasteiger partial charge in [0.15, 0.2) is 0 Å². The molecule has 6 nitrogen and oxygen atoms in total. The van der Waals surface area contributed by atoms with Crippen LogP contribution in [0.15, 0.2) is 66.9 Å². The summed E-state index contributed by atoms with van der Waals surface area (Å²) in [7, 11) is 0. The lowest BCUT2D eigenvalue weighted by molar-refractivity contribution is -0.130. The third kappa shape index (κ3) is 5.00. The zero-order chi connectivity index (χ0) is 23.4. The van der Waals surface area contributed by atoms with Gasteiger partial charge in [-0.3, -0.25) is 14.3 Å². The summed E-state index contributed by atoms with van der Waals surface area (Å²) in [5.74, 6) is -0.101. The molecule has 2 aromatic carbocycles. The summed E-state index contributed by atoms with van der Waals surface area (Å²) in [6, 6.07) is 20.4. The van der Waals surface area contributed by atoms with Gasteiger partial charge in [-0.05, 0) is 56.4 Å². The van der Waals surface area contributed by atoms with E-state index >= 15 is 0 Å². The Balaban J connectivity index is 1.59. The van der Waals surface area contributed by atoms with Crippen molar-refractivity contribution in [1.29, 1.82) is 0 Å². The summed E-state index contributed by atoms with van der Waals surface area (Å²) in [4.78, 5) is 28.3. The smallest absolute Gasteiger partial charge is 0.274 e. The fraction of sp³-hybridized carbons (Fsp3) is 0.370. The van der Waals surface area contributed by atoms with Gasteiger partial charge in [0, 0.05) is 31.9 Å². The molecule has 1 saturated heterocycles. The maximum atomic E-state index is 13.4. The zero-order valence-corrected chi connectivity index (χ0v) is 19.6. The first-order valence-corrected chi connectivity index (χ1v) is 11.7. The molecule has 6 heteroatoms. The molecule has 0 unspecified atom stereocenters. The maximum Gasteiger partial charge on any atom is 0.274 e. The van der Waals surface area contributed by atoms with E-state index in [1.807, 2.05) is 51.2 Å². The molecule has 0 radical (unpaired) electrons. The minimum Gasteiger partial charge on any atom is -0.353 e. The fourth-order valence-corrected chi connectivity index (χ4v) is 4.57. The second-order valence-corrected chi connectivity index (χ2v) is 9.19. The molecule has 2 heterocycles. The van der Waals surface area contributed by atoms with Crippen molar-refractivity contribution in [2.24, 2.45) is 5.41 Å². The number of nitrogens with one attached hydrogen (secondary N) is 1. The van der Waals surface area contributed by atoms with Crippen LogP contribution in [0.5, 0.6) is 0 Å². The Morgan fingerprint density at radius 1 is 1.06 bits per heavy atom. The number of carbonyl (C=O) groups excluding carboxylic acids is 2. The molecular formula is C27H32N4O2. The standard InChI is InChI=1S/C27H32N4O2/c1-4-31-15-13-24(29-31)25(32)30-16-14-27(19-30,26(33)28-20(2)3)18-21-9-8-12-23(17-21)22-10-6-5-7-11-22/h5-13,15,17,20H,4,14,16,18-19H2,1-3H3,(H,28,33)/t27-/m0/s1. The Hall–Kier alpha value is -3.41. The van der Waals surface area contributed by atoms with E-state index in [9.17, 15) is 9.59 Å². The number of benzene rings is 2. The van der Waals surface area contributed by atoms with E-state index in [-0.39, 0.29) is 17.9 Å². The minimum absolute atomic E-state index is 0.0111. The van der Waals surface area contributed by atoms with E-state index in [4.69, 9.17) is 0 Å². The van der Waals surface area contributed by atoms with Crippen LogP contribution in [0.4, 0.5) is 0 Å². The van der Waals surface area contributed by atoms with Crippen LogP contribution in [0.1, 0.15) is 43.2 Å². The van der Waals surface area contributed by atoms with Crippen molar-refractivity contribution in [1.82, 2.24) is 20.0 Å². The number of carbonyl (C=O) groups is 2. The number of rotatable bonds is 7. The molecule has 0 spiro atoms. The number of aromatic nitrogens is 2. The molecule has 4 rings (SSSR count). The molecule has 1 aliphatic rings. The van der Waals surface area contributed by atoms with Gasteiger partial charge in [-0.1, -0.05) is 54.6 Å². The van der Waals surface area contributed by atoms with Gasteiger partial charge in [-0.25, -0.2) is 0 Å². The molecule has 0 bridgehead atoms. The average molecular weight is 445 g/mol. The molecule has 1 aromatic heterocycles. The topological polar surface area (TPSA) is 67.2 Å². The summed E-state index contributed by atoms with van der Waals surface area (Å²) in [5, 5.41) is 7.48. The van der Waals surface area contributed by atoms with Crippen molar-refractivity contribution in [2.45, 2.75) is 46.2 Å². The fourth-order valence-electron chi connectivity index (χ4n) is 4.57. The monoisotopic (exact) mass is 444 g/mol. The minimum atomic E-state index is -0.664. The first-order valence-electron chi connectivity index (χ1n) is 11.7. The number of hydrogen-bond acceptors (Lipinski definition) is 3. The SMILES string of the molecule is CCn1ccc(C(=O)N2CC[C@@](Cc3cccc(-c4ccccc4)c3)(C(=O)NC(C)C)C2)n1. The highest BCUT2D eigenvalue weighted by atomic mass is 16.2. The molecule has 3 aromatic rings. The van der Waals surface area contributed by atoms with Crippen molar-refractivity contribution in [2.75, 3.05) is 13.1 Å². The number of hydrogen-bond donors (Lipinski definition) is 1. The van der Waals surface area contributed by atoms with Crippen LogP contribution < -0.4 is 5.32 Å². The van der Waals surface area contributed by atoms with Crippen molar-refractivity contribution >= 4 is 11.8 Å². The van der Waals surface area contributed by atoms with Gasteiger partial charge in [0.05, 0.1) is 5.41 Å². The lowest BCUT2D eigenvalue weighted by atomic mass is 9.79. The normalized spacial score (nSPS) is 18.0. The van der Waals surface area contributed by atoms with Gasteiger partial charge >= 0.3 is 0 Å². The van der Waals surface area contributed by atoms with Crippen molar-refractivity contribution < 1.29 is 9.59 Å². The molecule has 1 N–H and O–H groups in total. The predicted octanol–water partition coefficient (Wildman–Crippen LogP) is 4.17. The highest BCUT2D eigenvalue weighted by Crippen LogP contribution is 2.36. The third-order valence-corrected chi connectivity index (χ3v) is 6.30. The second-order valence-electron chi connectivity index (χ2n) is 9.19. The molecule has 0 aliphatic carbocycles. The molecule has 0 saturated carbocycles. The Labute approximate surface area is 195 Å². The van der Waals surface area contributed by atoms with Crippen LogP contribution >= 0.6 is 0 Å². The Morgan fingerprint density at radius 2 is 1.82 bits per heavy atom. The largest absolute Gasteiger partial charge is 0.353 e. The number of nitrogens with zero attached hydrogens (tertiary/aromatic N) is 3. The van der Waals surface area contributed by atoms with Gasteiger partial charge in [0.1, 0.15) is 5.69 Å². The van der Waals surface area contributed by atoms with E-state index in [2.05, 4.69) is 40.7 Å². The zero-order valence-electron chi connectivity index (χ0n) is 19.6. The summed E-state index contributed by atoms with van der Waals surface area (Å²) < 4.78 is 1.75. The van der Waals surface area contributed by atoms with Crippen molar-refractivity contribution in [3.8, 4) is 11.1 Å². The Kier molecular flexibility index (Phi) is 6.63. The highest BCUT2D eigenvalue weighted by molar-refractivity contribution is 5.93. The number of aryl methyl sites for hydroxylation is 1.